The Kier molecular flexibility index (Phi) is 2.14. The van der Waals surface area contributed by atoms with Gasteiger partial charge in [-0.3, -0.25) is 0 Å². The molecule has 5 rings (SSSR count). The van der Waals surface area contributed by atoms with Crippen LogP contribution in [0.15, 0.2) is 0 Å². The summed E-state index contributed by atoms with van der Waals surface area (Å²) in [5, 5.41) is 7.54. The lowest BCUT2D eigenvalue weighted by molar-refractivity contribution is 0.0381. The Morgan fingerprint density at radius 3 is 2.56 bits per heavy atom. The van der Waals surface area contributed by atoms with Crippen molar-refractivity contribution < 1.29 is 0 Å². The maximum absolute atomic E-state index is 3.94. The largest absolute Gasteiger partial charge is 0.313 e. The van der Waals surface area contributed by atoms with Crippen molar-refractivity contribution in [1.82, 2.24) is 10.6 Å². The first-order valence-electron chi connectivity index (χ1n) is 7.21. The van der Waals surface area contributed by atoms with E-state index in [1.165, 1.54) is 58.0 Å². The molecule has 0 aromatic carbocycles. The zero-order valence-corrected chi connectivity index (χ0v) is 10.1. The zero-order valence-electron chi connectivity index (χ0n) is 10.1. The molecule has 2 aliphatic carbocycles. The predicted octanol–water partition coefficient (Wildman–Crippen LogP) is 1.86. The summed E-state index contributed by atoms with van der Waals surface area (Å²) in [4.78, 5) is 0. The van der Waals surface area contributed by atoms with E-state index in [0.29, 0.717) is 5.54 Å². The first-order chi connectivity index (χ1) is 7.87. The fourth-order valence-electron chi connectivity index (χ4n) is 4.75. The highest BCUT2D eigenvalue weighted by Gasteiger charge is 2.52. The minimum atomic E-state index is 0.533. The Hall–Kier alpha value is -0.0800. The molecule has 2 heteroatoms. The molecule has 2 atom stereocenters. The summed E-state index contributed by atoms with van der Waals surface area (Å²) in [5.41, 5.74) is 0.533. The molecule has 5 fully saturated rings. The standard InChI is InChI=1S/C14H23N2/c1-2-12(11-9-15-13(11)3-1)14-6-4-10(5-7-14)8-16-14/h10,12-13,15-16H,1-9H2. The Balaban J connectivity index is 1.58. The molecular formula is C14H23N2. The first-order valence-corrected chi connectivity index (χ1v) is 7.21. The summed E-state index contributed by atoms with van der Waals surface area (Å²) in [6, 6.07) is 0.801. The molecule has 3 heterocycles. The van der Waals surface area contributed by atoms with E-state index in [2.05, 4.69) is 10.6 Å². The molecule has 1 radical (unpaired) electrons. The van der Waals surface area contributed by atoms with Crippen LogP contribution in [-0.2, 0) is 0 Å². The monoisotopic (exact) mass is 219 g/mol. The van der Waals surface area contributed by atoms with Gasteiger partial charge in [0.2, 0.25) is 0 Å². The third-order valence-corrected chi connectivity index (χ3v) is 5.84. The first kappa shape index (κ1) is 9.90. The van der Waals surface area contributed by atoms with Gasteiger partial charge in [-0.1, -0.05) is 6.42 Å². The van der Waals surface area contributed by atoms with Crippen LogP contribution in [0.4, 0.5) is 0 Å². The Bertz CT molecular complexity index is 267. The van der Waals surface area contributed by atoms with Crippen LogP contribution in [0.3, 0.4) is 0 Å². The van der Waals surface area contributed by atoms with Gasteiger partial charge in [0.05, 0.1) is 0 Å². The molecule has 2 unspecified atom stereocenters. The Morgan fingerprint density at radius 2 is 1.94 bits per heavy atom. The summed E-state index contributed by atoms with van der Waals surface area (Å²) in [7, 11) is 0. The SMILES string of the molecule is C1CC2NC[C]2C(C23CCC(CC2)CN3)C1. The third-order valence-electron chi connectivity index (χ3n) is 5.84. The highest BCUT2D eigenvalue weighted by molar-refractivity contribution is 5.24. The highest BCUT2D eigenvalue weighted by Crippen LogP contribution is 2.50. The molecule has 0 amide bonds. The van der Waals surface area contributed by atoms with Gasteiger partial charge < -0.3 is 10.6 Å². The zero-order chi connectivity index (χ0) is 10.6. The van der Waals surface area contributed by atoms with Crippen LogP contribution in [0.5, 0.6) is 0 Å². The summed E-state index contributed by atoms with van der Waals surface area (Å²) >= 11 is 0. The van der Waals surface area contributed by atoms with Gasteiger partial charge in [-0.25, -0.2) is 0 Å². The summed E-state index contributed by atoms with van der Waals surface area (Å²) < 4.78 is 0. The minimum Gasteiger partial charge on any atom is -0.313 e. The van der Waals surface area contributed by atoms with Gasteiger partial charge >= 0.3 is 0 Å². The van der Waals surface area contributed by atoms with E-state index in [9.17, 15) is 0 Å². The molecule has 89 valence electrons. The molecule has 16 heavy (non-hydrogen) atoms. The number of fused-ring (bicyclic) bond motifs is 4. The maximum Gasteiger partial charge on any atom is 0.0216 e. The van der Waals surface area contributed by atoms with Gasteiger partial charge in [-0.05, 0) is 56.9 Å². The van der Waals surface area contributed by atoms with Crippen LogP contribution in [0, 0.1) is 17.8 Å². The van der Waals surface area contributed by atoms with Crippen molar-refractivity contribution >= 4 is 0 Å². The summed E-state index contributed by atoms with van der Waals surface area (Å²) in [6.45, 7) is 2.53. The molecule has 0 aromatic heterocycles. The van der Waals surface area contributed by atoms with Crippen LogP contribution >= 0.6 is 0 Å². The van der Waals surface area contributed by atoms with E-state index in [4.69, 9.17) is 0 Å². The van der Waals surface area contributed by atoms with Crippen LogP contribution < -0.4 is 10.6 Å². The lowest BCUT2D eigenvalue weighted by atomic mass is 9.57. The fourth-order valence-corrected chi connectivity index (χ4v) is 4.75. The highest BCUT2D eigenvalue weighted by atomic mass is 15.1. The predicted molar refractivity (Wildman–Crippen MR) is 65.1 cm³/mol. The molecule has 2 bridgehead atoms. The van der Waals surface area contributed by atoms with Gasteiger partial charge in [0.1, 0.15) is 0 Å². The maximum atomic E-state index is 3.94. The third kappa shape index (κ3) is 1.26. The van der Waals surface area contributed by atoms with Gasteiger partial charge in [0, 0.05) is 24.0 Å². The van der Waals surface area contributed by atoms with E-state index in [1.807, 2.05) is 5.92 Å². The number of nitrogens with one attached hydrogen (secondary N) is 2. The van der Waals surface area contributed by atoms with E-state index < -0.39 is 0 Å². The van der Waals surface area contributed by atoms with Crippen molar-refractivity contribution in [3.8, 4) is 0 Å². The molecule has 0 spiro atoms. The normalized spacial score (nSPS) is 52.1. The molecule has 2 saturated carbocycles. The second-order valence-electron chi connectivity index (χ2n) is 6.47. The number of hydrogen-bond acceptors (Lipinski definition) is 2. The van der Waals surface area contributed by atoms with Gasteiger partial charge in [0.25, 0.3) is 0 Å². The average Bonchev–Trinajstić information content (AvgIpc) is 2.33. The van der Waals surface area contributed by atoms with Crippen LogP contribution in [0.25, 0.3) is 0 Å². The number of piperidine rings is 2. The fraction of sp³-hybridized carbons (Fsp3) is 0.929. The minimum absolute atomic E-state index is 0.533. The Labute approximate surface area is 98.6 Å². The smallest absolute Gasteiger partial charge is 0.0216 e. The lowest BCUT2D eigenvalue weighted by Gasteiger charge is -2.58. The number of rotatable bonds is 1. The molecular weight excluding hydrogens is 196 g/mol. The lowest BCUT2D eigenvalue weighted by Crippen LogP contribution is -2.67. The van der Waals surface area contributed by atoms with Gasteiger partial charge in [-0.2, -0.15) is 0 Å². The quantitative estimate of drug-likeness (QED) is 0.703. The molecule has 2 nitrogen and oxygen atoms in total. The van der Waals surface area contributed by atoms with Crippen molar-refractivity contribution in [3.05, 3.63) is 5.92 Å². The van der Waals surface area contributed by atoms with Crippen LogP contribution in [0.1, 0.15) is 44.9 Å². The van der Waals surface area contributed by atoms with Gasteiger partial charge in [-0.15, -0.1) is 0 Å². The number of hydrogen-bond donors (Lipinski definition) is 2. The molecule has 0 aromatic rings. The van der Waals surface area contributed by atoms with Crippen LogP contribution in [0.2, 0.25) is 0 Å². The molecule has 3 saturated heterocycles. The van der Waals surface area contributed by atoms with Crippen LogP contribution in [-0.4, -0.2) is 24.7 Å². The van der Waals surface area contributed by atoms with Crippen molar-refractivity contribution in [2.24, 2.45) is 11.8 Å². The van der Waals surface area contributed by atoms with Gasteiger partial charge in [0.15, 0.2) is 0 Å². The van der Waals surface area contributed by atoms with E-state index >= 15 is 0 Å². The second-order valence-corrected chi connectivity index (χ2v) is 6.47. The Morgan fingerprint density at radius 1 is 1.06 bits per heavy atom. The van der Waals surface area contributed by atoms with E-state index in [0.717, 1.165) is 17.9 Å². The molecule has 3 aliphatic heterocycles. The topological polar surface area (TPSA) is 24.1 Å². The van der Waals surface area contributed by atoms with Crippen molar-refractivity contribution in [1.29, 1.82) is 0 Å². The summed E-state index contributed by atoms with van der Waals surface area (Å²) in [6.07, 6.45) is 10.2. The second kappa shape index (κ2) is 3.46. The summed E-state index contributed by atoms with van der Waals surface area (Å²) in [5.74, 6) is 3.79. The van der Waals surface area contributed by atoms with Crippen molar-refractivity contribution in [3.63, 3.8) is 0 Å². The molecule has 2 N–H and O–H groups in total. The van der Waals surface area contributed by atoms with Crippen molar-refractivity contribution in [2.75, 3.05) is 13.1 Å². The van der Waals surface area contributed by atoms with Crippen molar-refractivity contribution in [2.45, 2.75) is 56.5 Å². The van der Waals surface area contributed by atoms with E-state index in [1.54, 1.807) is 0 Å². The molecule has 5 aliphatic rings. The average molecular weight is 219 g/mol. The van der Waals surface area contributed by atoms with E-state index in [-0.39, 0.29) is 0 Å².